The fourth-order valence-corrected chi connectivity index (χ4v) is 1.05. The minimum atomic E-state index is 0.743. The lowest BCUT2D eigenvalue weighted by molar-refractivity contribution is 1.13. The van der Waals surface area contributed by atoms with Crippen molar-refractivity contribution in [2.24, 2.45) is 0 Å². The van der Waals surface area contributed by atoms with Crippen LogP contribution in [0.4, 0.5) is 5.69 Å². The van der Waals surface area contributed by atoms with Gasteiger partial charge in [-0.1, -0.05) is 23.7 Å². The number of benzene rings is 1. The molecule has 53 valence electrons. The van der Waals surface area contributed by atoms with Gasteiger partial charge in [-0.25, -0.2) is 0 Å². The smallest absolute Gasteiger partial charge is 0.0645 e. The SMILES string of the molecule is CN(C)c1[c]cccc1Cl. The molecule has 0 bridgehead atoms. The number of rotatable bonds is 1. The highest BCUT2D eigenvalue weighted by Crippen LogP contribution is 2.21. The molecular formula is C8H9ClN. The average molecular weight is 155 g/mol. The number of halogens is 1. The van der Waals surface area contributed by atoms with E-state index in [1.807, 2.05) is 37.2 Å². The first kappa shape index (κ1) is 7.42. The van der Waals surface area contributed by atoms with Crippen molar-refractivity contribution in [3.05, 3.63) is 29.3 Å². The topological polar surface area (TPSA) is 3.24 Å². The second kappa shape index (κ2) is 2.93. The van der Waals surface area contributed by atoms with Crippen molar-refractivity contribution in [3.63, 3.8) is 0 Å². The van der Waals surface area contributed by atoms with Crippen LogP contribution in [0.3, 0.4) is 0 Å². The summed E-state index contributed by atoms with van der Waals surface area (Å²) in [5.74, 6) is 0. The van der Waals surface area contributed by atoms with Crippen LogP contribution in [0.1, 0.15) is 0 Å². The van der Waals surface area contributed by atoms with Crippen molar-refractivity contribution in [2.75, 3.05) is 19.0 Å². The summed E-state index contributed by atoms with van der Waals surface area (Å²) < 4.78 is 0. The van der Waals surface area contributed by atoms with Gasteiger partial charge in [0, 0.05) is 20.2 Å². The van der Waals surface area contributed by atoms with Crippen molar-refractivity contribution in [2.45, 2.75) is 0 Å². The van der Waals surface area contributed by atoms with E-state index >= 15 is 0 Å². The van der Waals surface area contributed by atoms with Gasteiger partial charge in [0.25, 0.3) is 0 Å². The molecule has 0 heterocycles. The molecule has 0 spiro atoms. The summed E-state index contributed by atoms with van der Waals surface area (Å²) in [6.07, 6.45) is 0. The zero-order valence-corrected chi connectivity index (χ0v) is 6.81. The number of hydrogen-bond donors (Lipinski definition) is 0. The van der Waals surface area contributed by atoms with Crippen LogP contribution in [0.25, 0.3) is 0 Å². The Bertz CT molecular complexity index is 220. The quantitative estimate of drug-likeness (QED) is 0.600. The Labute approximate surface area is 66.2 Å². The predicted octanol–water partition coefficient (Wildman–Crippen LogP) is 2.21. The molecule has 0 unspecified atom stereocenters. The highest BCUT2D eigenvalue weighted by molar-refractivity contribution is 6.33. The van der Waals surface area contributed by atoms with Gasteiger partial charge in [0.05, 0.1) is 10.7 Å². The van der Waals surface area contributed by atoms with Gasteiger partial charge in [0.15, 0.2) is 0 Å². The number of nitrogens with zero attached hydrogens (tertiary/aromatic N) is 1. The van der Waals surface area contributed by atoms with Crippen LogP contribution in [0, 0.1) is 6.07 Å². The fraction of sp³-hybridized carbons (Fsp3) is 0.250. The van der Waals surface area contributed by atoms with E-state index in [0.29, 0.717) is 0 Å². The molecule has 1 radical (unpaired) electrons. The third-order valence-corrected chi connectivity index (χ3v) is 1.54. The average Bonchev–Trinajstić information content (AvgIpc) is 1.88. The Kier molecular flexibility index (Phi) is 2.17. The number of para-hydroxylation sites is 1. The molecule has 1 aromatic rings. The summed E-state index contributed by atoms with van der Waals surface area (Å²) in [6, 6.07) is 8.60. The lowest BCUT2D eigenvalue weighted by Crippen LogP contribution is -2.08. The first-order valence-corrected chi connectivity index (χ1v) is 3.43. The molecule has 2 heteroatoms. The van der Waals surface area contributed by atoms with Crippen LogP contribution in [0.2, 0.25) is 5.02 Å². The molecule has 0 aliphatic carbocycles. The highest BCUT2D eigenvalue weighted by Gasteiger charge is 1.98. The molecule has 0 saturated carbocycles. The maximum absolute atomic E-state index is 5.85. The zero-order chi connectivity index (χ0) is 7.56. The third kappa shape index (κ3) is 1.42. The maximum Gasteiger partial charge on any atom is 0.0645 e. The summed E-state index contributed by atoms with van der Waals surface area (Å²) in [5.41, 5.74) is 0.934. The summed E-state index contributed by atoms with van der Waals surface area (Å²) in [5, 5.41) is 0.743. The van der Waals surface area contributed by atoms with E-state index < -0.39 is 0 Å². The van der Waals surface area contributed by atoms with Crippen LogP contribution in [-0.2, 0) is 0 Å². The molecule has 1 aromatic carbocycles. The maximum atomic E-state index is 5.85. The van der Waals surface area contributed by atoms with Crippen molar-refractivity contribution in [1.82, 2.24) is 0 Å². The number of anilines is 1. The summed E-state index contributed by atoms with van der Waals surface area (Å²) >= 11 is 5.85. The van der Waals surface area contributed by atoms with E-state index in [4.69, 9.17) is 11.6 Å². The Morgan fingerprint density at radius 1 is 1.50 bits per heavy atom. The van der Waals surface area contributed by atoms with Gasteiger partial charge in [-0.15, -0.1) is 0 Å². The Hall–Kier alpha value is -0.690. The molecular weight excluding hydrogens is 146 g/mol. The van der Waals surface area contributed by atoms with Gasteiger partial charge in [-0.2, -0.15) is 0 Å². The van der Waals surface area contributed by atoms with Crippen LogP contribution in [0.15, 0.2) is 18.2 Å². The van der Waals surface area contributed by atoms with Gasteiger partial charge < -0.3 is 4.90 Å². The van der Waals surface area contributed by atoms with E-state index in [2.05, 4.69) is 6.07 Å². The molecule has 0 atom stereocenters. The van der Waals surface area contributed by atoms with Crippen molar-refractivity contribution in [3.8, 4) is 0 Å². The van der Waals surface area contributed by atoms with Crippen molar-refractivity contribution >= 4 is 17.3 Å². The molecule has 10 heavy (non-hydrogen) atoms. The lowest BCUT2D eigenvalue weighted by Gasteiger charge is -2.12. The molecule has 0 N–H and O–H groups in total. The Balaban J connectivity index is 3.03. The Morgan fingerprint density at radius 3 is 2.60 bits per heavy atom. The molecule has 0 aromatic heterocycles. The molecule has 0 aliphatic heterocycles. The summed E-state index contributed by atoms with van der Waals surface area (Å²) in [4.78, 5) is 1.93. The van der Waals surface area contributed by atoms with Crippen LogP contribution in [-0.4, -0.2) is 14.1 Å². The van der Waals surface area contributed by atoms with Gasteiger partial charge in [-0.3, -0.25) is 0 Å². The molecule has 0 amide bonds. The number of hydrogen-bond acceptors (Lipinski definition) is 1. The minimum absolute atomic E-state index is 0.743. The molecule has 0 saturated heterocycles. The van der Waals surface area contributed by atoms with Gasteiger partial charge in [0.1, 0.15) is 0 Å². The third-order valence-electron chi connectivity index (χ3n) is 1.23. The van der Waals surface area contributed by atoms with Crippen molar-refractivity contribution < 1.29 is 0 Å². The summed E-state index contributed by atoms with van der Waals surface area (Å²) in [7, 11) is 3.88. The highest BCUT2D eigenvalue weighted by atomic mass is 35.5. The zero-order valence-electron chi connectivity index (χ0n) is 6.06. The van der Waals surface area contributed by atoms with Crippen LogP contribution in [0.5, 0.6) is 0 Å². The first-order valence-electron chi connectivity index (χ1n) is 3.05. The molecule has 1 rings (SSSR count). The molecule has 1 nitrogen and oxygen atoms in total. The van der Waals surface area contributed by atoms with E-state index in [-0.39, 0.29) is 0 Å². The second-order valence-electron chi connectivity index (χ2n) is 2.26. The van der Waals surface area contributed by atoms with E-state index in [9.17, 15) is 0 Å². The van der Waals surface area contributed by atoms with Gasteiger partial charge >= 0.3 is 0 Å². The second-order valence-corrected chi connectivity index (χ2v) is 2.67. The van der Waals surface area contributed by atoms with Crippen LogP contribution < -0.4 is 4.90 Å². The lowest BCUT2D eigenvalue weighted by atomic mass is 10.3. The molecule has 0 fully saturated rings. The van der Waals surface area contributed by atoms with Crippen molar-refractivity contribution in [1.29, 1.82) is 0 Å². The first-order chi connectivity index (χ1) is 4.72. The monoisotopic (exact) mass is 154 g/mol. The molecule has 0 aliphatic rings. The predicted molar refractivity (Wildman–Crippen MR) is 44.6 cm³/mol. The van der Waals surface area contributed by atoms with Crippen LogP contribution >= 0.6 is 11.6 Å². The van der Waals surface area contributed by atoms with E-state index in [1.165, 1.54) is 0 Å². The standard InChI is InChI=1S/C8H9ClN/c1-10(2)8-6-4-3-5-7(8)9/h3-5H,1-2H3. The van der Waals surface area contributed by atoms with E-state index in [0.717, 1.165) is 10.7 Å². The Morgan fingerprint density at radius 2 is 2.20 bits per heavy atom. The van der Waals surface area contributed by atoms with E-state index in [1.54, 1.807) is 0 Å². The normalized spacial score (nSPS) is 9.50. The summed E-state index contributed by atoms with van der Waals surface area (Å²) in [6.45, 7) is 0. The van der Waals surface area contributed by atoms with Gasteiger partial charge in [-0.05, 0) is 6.07 Å². The fourth-order valence-electron chi connectivity index (χ4n) is 0.750. The van der Waals surface area contributed by atoms with Gasteiger partial charge in [0.2, 0.25) is 0 Å². The minimum Gasteiger partial charge on any atom is -0.376 e. The largest absolute Gasteiger partial charge is 0.376 e.